The second kappa shape index (κ2) is 5.73. The summed E-state index contributed by atoms with van der Waals surface area (Å²) < 4.78 is 1.77. The molecule has 106 valence electrons. The third kappa shape index (κ3) is 2.79. The summed E-state index contributed by atoms with van der Waals surface area (Å²) in [6.45, 7) is 4.43. The van der Waals surface area contributed by atoms with E-state index in [1.807, 2.05) is 33.2 Å². The topological polar surface area (TPSA) is 73.0 Å². The summed E-state index contributed by atoms with van der Waals surface area (Å²) in [5, 5.41) is 18.6. The quantitative estimate of drug-likeness (QED) is 0.672. The maximum atomic E-state index is 11.1. The van der Waals surface area contributed by atoms with E-state index < -0.39 is 0 Å². The van der Waals surface area contributed by atoms with Gasteiger partial charge in [0.2, 0.25) is 0 Å². The molecular formula is C14H18N4O2. The summed E-state index contributed by atoms with van der Waals surface area (Å²) >= 11 is 0. The number of nitro benzene ring substituents is 1. The van der Waals surface area contributed by atoms with Crippen LogP contribution in [0.1, 0.15) is 23.7 Å². The minimum atomic E-state index is -0.362. The molecule has 0 fully saturated rings. The summed E-state index contributed by atoms with van der Waals surface area (Å²) in [5.41, 5.74) is 3.61. The van der Waals surface area contributed by atoms with Gasteiger partial charge in [0.15, 0.2) is 0 Å². The van der Waals surface area contributed by atoms with Crippen LogP contribution in [0.4, 0.5) is 11.4 Å². The Morgan fingerprint density at radius 2 is 2.20 bits per heavy atom. The average molecular weight is 274 g/mol. The number of nitrogens with zero attached hydrogens (tertiary/aromatic N) is 3. The Morgan fingerprint density at radius 3 is 2.85 bits per heavy atom. The molecule has 20 heavy (non-hydrogen) atoms. The van der Waals surface area contributed by atoms with Crippen LogP contribution >= 0.6 is 0 Å². The molecule has 0 spiro atoms. The molecule has 0 bridgehead atoms. The number of rotatable bonds is 5. The fourth-order valence-corrected chi connectivity index (χ4v) is 2.25. The molecule has 0 unspecified atom stereocenters. The molecule has 1 aromatic carbocycles. The summed E-state index contributed by atoms with van der Waals surface area (Å²) in [4.78, 5) is 10.7. The van der Waals surface area contributed by atoms with Gasteiger partial charge >= 0.3 is 0 Å². The Labute approximate surface area is 117 Å². The molecule has 2 aromatic rings. The molecule has 0 amide bonds. The normalized spacial score (nSPS) is 10.6. The molecule has 0 aliphatic carbocycles. The SMILES string of the molecule is CCc1nn(C)cc1CNc1c(C)cccc1[N+](=O)[O-]. The predicted molar refractivity (Wildman–Crippen MR) is 77.7 cm³/mol. The zero-order chi connectivity index (χ0) is 14.7. The largest absolute Gasteiger partial charge is 0.375 e. The molecule has 0 aliphatic heterocycles. The van der Waals surface area contributed by atoms with Crippen molar-refractivity contribution in [2.75, 3.05) is 5.32 Å². The highest BCUT2D eigenvalue weighted by Crippen LogP contribution is 2.28. The van der Waals surface area contributed by atoms with E-state index in [1.54, 1.807) is 10.7 Å². The van der Waals surface area contributed by atoms with E-state index in [0.717, 1.165) is 23.2 Å². The summed E-state index contributed by atoms with van der Waals surface area (Å²) in [6.07, 6.45) is 2.78. The van der Waals surface area contributed by atoms with Gasteiger partial charge in [0.1, 0.15) is 5.69 Å². The number of nitro groups is 1. The Morgan fingerprint density at radius 1 is 1.45 bits per heavy atom. The maximum absolute atomic E-state index is 11.1. The fraction of sp³-hybridized carbons (Fsp3) is 0.357. The lowest BCUT2D eigenvalue weighted by molar-refractivity contribution is -0.384. The number of aromatic nitrogens is 2. The molecule has 1 N–H and O–H groups in total. The van der Waals surface area contributed by atoms with Gasteiger partial charge in [-0.3, -0.25) is 14.8 Å². The van der Waals surface area contributed by atoms with Crippen LogP contribution in [0, 0.1) is 17.0 Å². The zero-order valence-electron chi connectivity index (χ0n) is 11.9. The fourth-order valence-electron chi connectivity index (χ4n) is 2.25. The maximum Gasteiger partial charge on any atom is 0.292 e. The minimum absolute atomic E-state index is 0.104. The number of aryl methyl sites for hydroxylation is 3. The van der Waals surface area contributed by atoms with Gasteiger partial charge in [-0.2, -0.15) is 5.10 Å². The third-order valence-electron chi connectivity index (χ3n) is 3.23. The molecule has 0 saturated carbocycles. The van der Waals surface area contributed by atoms with Crippen LogP contribution in [-0.2, 0) is 20.0 Å². The van der Waals surface area contributed by atoms with Crippen molar-refractivity contribution < 1.29 is 4.92 Å². The summed E-state index contributed by atoms with van der Waals surface area (Å²) in [5.74, 6) is 0. The van der Waals surface area contributed by atoms with Gasteiger partial charge < -0.3 is 5.32 Å². The molecule has 0 saturated heterocycles. The van der Waals surface area contributed by atoms with Crippen LogP contribution in [0.15, 0.2) is 24.4 Å². The highest BCUT2D eigenvalue weighted by atomic mass is 16.6. The second-order valence-electron chi connectivity index (χ2n) is 4.71. The van der Waals surface area contributed by atoms with Crippen LogP contribution in [0.25, 0.3) is 0 Å². The summed E-state index contributed by atoms with van der Waals surface area (Å²) in [6, 6.07) is 5.07. The lowest BCUT2D eigenvalue weighted by Gasteiger charge is -2.09. The predicted octanol–water partition coefficient (Wildman–Crippen LogP) is 2.81. The molecule has 6 heteroatoms. The molecule has 2 rings (SSSR count). The lowest BCUT2D eigenvalue weighted by Crippen LogP contribution is -2.05. The van der Waals surface area contributed by atoms with Crippen LogP contribution in [0.5, 0.6) is 0 Å². The van der Waals surface area contributed by atoms with Gasteiger partial charge in [-0.15, -0.1) is 0 Å². The van der Waals surface area contributed by atoms with Gasteiger partial charge in [-0.1, -0.05) is 19.1 Å². The smallest absolute Gasteiger partial charge is 0.292 e. The number of hydrogen-bond donors (Lipinski definition) is 1. The number of nitrogens with one attached hydrogen (secondary N) is 1. The monoisotopic (exact) mass is 274 g/mol. The van der Waals surface area contributed by atoms with Crippen molar-refractivity contribution in [3.63, 3.8) is 0 Å². The van der Waals surface area contributed by atoms with Crippen molar-refractivity contribution in [2.45, 2.75) is 26.8 Å². The molecular weight excluding hydrogens is 256 g/mol. The van der Waals surface area contributed by atoms with Crippen molar-refractivity contribution in [3.05, 3.63) is 51.3 Å². The van der Waals surface area contributed by atoms with Crippen molar-refractivity contribution in [2.24, 2.45) is 7.05 Å². The lowest BCUT2D eigenvalue weighted by atomic mass is 10.1. The average Bonchev–Trinajstić information content (AvgIpc) is 2.77. The molecule has 1 heterocycles. The number of para-hydroxylation sites is 1. The van der Waals surface area contributed by atoms with E-state index in [4.69, 9.17) is 0 Å². The van der Waals surface area contributed by atoms with Gasteiger partial charge in [-0.25, -0.2) is 0 Å². The Bertz CT molecular complexity index is 634. The summed E-state index contributed by atoms with van der Waals surface area (Å²) in [7, 11) is 1.87. The first kappa shape index (κ1) is 14.0. The molecule has 1 aromatic heterocycles. The molecule has 0 aliphatic rings. The van der Waals surface area contributed by atoms with Gasteiger partial charge in [0.05, 0.1) is 10.6 Å². The van der Waals surface area contributed by atoms with Crippen LogP contribution in [-0.4, -0.2) is 14.7 Å². The molecule has 0 atom stereocenters. The van der Waals surface area contributed by atoms with Gasteiger partial charge in [0, 0.05) is 31.4 Å². The van der Waals surface area contributed by atoms with Crippen molar-refractivity contribution in [3.8, 4) is 0 Å². The Kier molecular flexibility index (Phi) is 4.02. The number of anilines is 1. The van der Waals surface area contributed by atoms with E-state index in [0.29, 0.717) is 12.2 Å². The Hall–Kier alpha value is -2.37. The van der Waals surface area contributed by atoms with Gasteiger partial charge in [0.25, 0.3) is 5.69 Å². The van der Waals surface area contributed by atoms with E-state index in [-0.39, 0.29) is 10.6 Å². The minimum Gasteiger partial charge on any atom is -0.375 e. The second-order valence-corrected chi connectivity index (χ2v) is 4.71. The van der Waals surface area contributed by atoms with E-state index in [2.05, 4.69) is 10.4 Å². The van der Waals surface area contributed by atoms with Crippen molar-refractivity contribution in [1.29, 1.82) is 0 Å². The van der Waals surface area contributed by atoms with Crippen molar-refractivity contribution >= 4 is 11.4 Å². The van der Waals surface area contributed by atoms with Crippen molar-refractivity contribution in [1.82, 2.24) is 9.78 Å². The number of benzene rings is 1. The molecule has 6 nitrogen and oxygen atoms in total. The van der Waals surface area contributed by atoms with Crippen LogP contribution in [0.3, 0.4) is 0 Å². The first-order chi connectivity index (χ1) is 9.52. The van der Waals surface area contributed by atoms with E-state index in [9.17, 15) is 10.1 Å². The zero-order valence-corrected chi connectivity index (χ0v) is 11.9. The first-order valence-corrected chi connectivity index (χ1v) is 6.52. The first-order valence-electron chi connectivity index (χ1n) is 6.52. The Balaban J connectivity index is 2.24. The van der Waals surface area contributed by atoms with Crippen LogP contribution < -0.4 is 5.32 Å². The van der Waals surface area contributed by atoms with Crippen LogP contribution in [0.2, 0.25) is 0 Å². The standard InChI is InChI=1S/C14H18N4O2/c1-4-12-11(9-17(3)16-12)8-15-14-10(2)6-5-7-13(14)18(19)20/h5-7,9,15H,4,8H2,1-3H3. The highest BCUT2D eigenvalue weighted by Gasteiger charge is 2.15. The van der Waals surface area contributed by atoms with Gasteiger partial charge in [-0.05, 0) is 18.9 Å². The third-order valence-corrected chi connectivity index (χ3v) is 3.23. The highest BCUT2D eigenvalue weighted by molar-refractivity contribution is 5.66. The molecule has 0 radical (unpaired) electrons. The number of hydrogen-bond acceptors (Lipinski definition) is 4. The van der Waals surface area contributed by atoms with E-state index >= 15 is 0 Å². The van der Waals surface area contributed by atoms with E-state index in [1.165, 1.54) is 6.07 Å².